The second-order valence-corrected chi connectivity index (χ2v) is 8.02. The fourth-order valence-electron chi connectivity index (χ4n) is 3.88. The SMILES string of the molecule is COc1ccc(N2CCN(C(=O)[C@@H](CC(C)C)[C@H](O)C(=O)NO)[C@H](C)C2)cc1OC. The molecule has 3 atom stereocenters. The Bertz CT molecular complexity index is 741. The van der Waals surface area contributed by atoms with Gasteiger partial charge in [0.05, 0.1) is 20.1 Å². The van der Waals surface area contributed by atoms with E-state index in [4.69, 9.17) is 14.7 Å². The van der Waals surface area contributed by atoms with Crippen molar-refractivity contribution in [3.05, 3.63) is 18.2 Å². The van der Waals surface area contributed by atoms with Crippen LogP contribution in [0.1, 0.15) is 27.2 Å². The highest BCUT2D eigenvalue weighted by atomic mass is 16.5. The highest BCUT2D eigenvalue weighted by Gasteiger charge is 2.38. The van der Waals surface area contributed by atoms with Gasteiger partial charge in [-0.2, -0.15) is 0 Å². The number of nitrogens with one attached hydrogen (secondary N) is 1. The van der Waals surface area contributed by atoms with E-state index < -0.39 is 17.9 Å². The van der Waals surface area contributed by atoms with Gasteiger partial charge in [-0.1, -0.05) is 13.8 Å². The van der Waals surface area contributed by atoms with E-state index in [9.17, 15) is 14.7 Å². The summed E-state index contributed by atoms with van der Waals surface area (Å²) >= 11 is 0. The molecule has 0 aliphatic carbocycles. The summed E-state index contributed by atoms with van der Waals surface area (Å²) in [7, 11) is 3.17. The lowest BCUT2D eigenvalue weighted by Gasteiger charge is -2.42. The maximum Gasteiger partial charge on any atom is 0.272 e. The summed E-state index contributed by atoms with van der Waals surface area (Å²) in [6, 6.07) is 5.57. The number of amides is 2. The zero-order valence-electron chi connectivity index (χ0n) is 18.3. The third kappa shape index (κ3) is 5.34. The maximum absolute atomic E-state index is 13.2. The summed E-state index contributed by atoms with van der Waals surface area (Å²) in [6.45, 7) is 7.43. The molecule has 0 saturated carbocycles. The normalized spacial score (nSPS) is 18.7. The summed E-state index contributed by atoms with van der Waals surface area (Å²) < 4.78 is 10.7. The molecule has 1 heterocycles. The van der Waals surface area contributed by atoms with Gasteiger partial charge in [0.2, 0.25) is 5.91 Å². The van der Waals surface area contributed by atoms with Gasteiger partial charge in [0.15, 0.2) is 11.5 Å². The van der Waals surface area contributed by atoms with E-state index in [-0.39, 0.29) is 17.9 Å². The molecule has 2 amide bonds. The van der Waals surface area contributed by atoms with E-state index in [0.29, 0.717) is 37.6 Å². The van der Waals surface area contributed by atoms with Crippen molar-refractivity contribution in [3.63, 3.8) is 0 Å². The van der Waals surface area contributed by atoms with Gasteiger partial charge in [0.25, 0.3) is 5.91 Å². The number of ether oxygens (including phenoxy) is 2. The fourth-order valence-corrected chi connectivity index (χ4v) is 3.88. The molecule has 0 spiro atoms. The van der Waals surface area contributed by atoms with Gasteiger partial charge >= 0.3 is 0 Å². The Kier molecular flexibility index (Phi) is 8.31. The van der Waals surface area contributed by atoms with Gasteiger partial charge in [-0.05, 0) is 31.4 Å². The van der Waals surface area contributed by atoms with Crippen LogP contribution in [0.15, 0.2) is 18.2 Å². The second kappa shape index (κ2) is 10.5. The van der Waals surface area contributed by atoms with Gasteiger partial charge in [0.1, 0.15) is 6.10 Å². The van der Waals surface area contributed by atoms with Gasteiger partial charge in [-0.15, -0.1) is 0 Å². The third-order valence-electron chi connectivity index (χ3n) is 5.45. The van der Waals surface area contributed by atoms with Crippen LogP contribution in [-0.4, -0.2) is 73.0 Å². The molecular formula is C21H33N3O6. The minimum absolute atomic E-state index is 0.100. The molecule has 9 heteroatoms. The smallest absolute Gasteiger partial charge is 0.272 e. The summed E-state index contributed by atoms with van der Waals surface area (Å²) in [5.41, 5.74) is 2.41. The standard InChI is InChI=1S/C21H33N3O6/c1-13(2)10-16(19(25)20(26)22-28)21(27)24-9-8-23(12-14(24)3)15-6-7-17(29-4)18(11-15)30-5/h6-7,11,13-14,16,19,25,28H,8-10,12H2,1-5H3,(H,22,26)/t14-,16+,19+/m1/s1. The Balaban J connectivity index is 2.14. The molecule has 1 aromatic rings. The lowest BCUT2D eigenvalue weighted by Crippen LogP contribution is -2.57. The summed E-state index contributed by atoms with van der Waals surface area (Å²) in [4.78, 5) is 28.8. The van der Waals surface area contributed by atoms with Crippen LogP contribution in [0.25, 0.3) is 0 Å². The average Bonchev–Trinajstić information content (AvgIpc) is 2.75. The molecule has 0 radical (unpaired) electrons. The Labute approximate surface area is 177 Å². The minimum atomic E-state index is -1.60. The molecule has 168 valence electrons. The van der Waals surface area contributed by atoms with E-state index in [1.807, 2.05) is 39.0 Å². The molecular weight excluding hydrogens is 390 g/mol. The van der Waals surface area contributed by atoms with Crippen molar-refractivity contribution in [2.24, 2.45) is 11.8 Å². The number of piperazine rings is 1. The van der Waals surface area contributed by atoms with Gasteiger partial charge in [-0.3, -0.25) is 14.8 Å². The van der Waals surface area contributed by atoms with Crippen molar-refractivity contribution in [2.45, 2.75) is 39.3 Å². The molecule has 3 N–H and O–H groups in total. The van der Waals surface area contributed by atoms with Crippen LogP contribution < -0.4 is 19.9 Å². The Morgan fingerprint density at radius 1 is 1.20 bits per heavy atom. The number of benzene rings is 1. The van der Waals surface area contributed by atoms with Gasteiger partial charge in [0, 0.05) is 37.4 Å². The summed E-state index contributed by atoms with van der Waals surface area (Å²) in [6.07, 6.45) is -1.25. The number of hydrogen-bond donors (Lipinski definition) is 3. The Morgan fingerprint density at radius 2 is 1.87 bits per heavy atom. The first kappa shape index (κ1) is 23.8. The van der Waals surface area contributed by atoms with Crippen molar-refractivity contribution in [1.82, 2.24) is 10.4 Å². The molecule has 0 bridgehead atoms. The van der Waals surface area contributed by atoms with Crippen molar-refractivity contribution in [1.29, 1.82) is 0 Å². The molecule has 9 nitrogen and oxygen atoms in total. The number of hydroxylamine groups is 1. The number of anilines is 1. The number of rotatable bonds is 8. The molecule has 2 rings (SSSR count). The highest BCUT2D eigenvalue weighted by molar-refractivity contribution is 5.89. The minimum Gasteiger partial charge on any atom is -0.493 e. The van der Waals surface area contributed by atoms with E-state index >= 15 is 0 Å². The molecule has 0 aromatic heterocycles. The molecule has 1 saturated heterocycles. The van der Waals surface area contributed by atoms with E-state index in [2.05, 4.69) is 4.90 Å². The highest BCUT2D eigenvalue weighted by Crippen LogP contribution is 2.32. The molecule has 1 aromatic carbocycles. The monoisotopic (exact) mass is 423 g/mol. The topological polar surface area (TPSA) is 112 Å². The number of nitrogens with zero attached hydrogens (tertiary/aromatic N) is 2. The maximum atomic E-state index is 13.2. The third-order valence-corrected chi connectivity index (χ3v) is 5.45. The predicted molar refractivity (Wildman–Crippen MR) is 112 cm³/mol. The number of methoxy groups -OCH3 is 2. The Morgan fingerprint density at radius 3 is 2.40 bits per heavy atom. The number of carbonyl (C=O) groups excluding carboxylic acids is 2. The molecule has 30 heavy (non-hydrogen) atoms. The van der Waals surface area contributed by atoms with Crippen molar-refractivity contribution >= 4 is 17.5 Å². The quantitative estimate of drug-likeness (QED) is 0.426. The van der Waals surface area contributed by atoms with Crippen LogP contribution in [0.4, 0.5) is 5.69 Å². The first-order valence-corrected chi connectivity index (χ1v) is 10.1. The summed E-state index contributed by atoms with van der Waals surface area (Å²) in [5.74, 6) is -0.771. The fraction of sp³-hybridized carbons (Fsp3) is 0.619. The van der Waals surface area contributed by atoms with Crippen LogP contribution >= 0.6 is 0 Å². The van der Waals surface area contributed by atoms with E-state index in [1.165, 1.54) is 5.48 Å². The molecule has 1 aliphatic heterocycles. The summed E-state index contributed by atoms with van der Waals surface area (Å²) in [5, 5.41) is 19.2. The first-order valence-electron chi connectivity index (χ1n) is 10.1. The number of aliphatic hydroxyl groups is 1. The first-order chi connectivity index (χ1) is 14.2. The average molecular weight is 424 g/mol. The molecule has 0 unspecified atom stereocenters. The van der Waals surface area contributed by atoms with Crippen LogP contribution in [0.2, 0.25) is 0 Å². The number of aliphatic hydroxyl groups excluding tert-OH is 1. The lowest BCUT2D eigenvalue weighted by atomic mass is 9.89. The largest absolute Gasteiger partial charge is 0.493 e. The van der Waals surface area contributed by atoms with Crippen LogP contribution in [0.5, 0.6) is 11.5 Å². The molecule has 1 fully saturated rings. The number of hydrogen-bond acceptors (Lipinski definition) is 7. The van der Waals surface area contributed by atoms with E-state index in [1.54, 1.807) is 19.1 Å². The predicted octanol–water partition coefficient (Wildman–Crippen LogP) is 1.27. The van der Waals surface area contributed by atoms with Crippen LogP contribution in [0, 0.1) is 11.8 Å². The molecule has 1 aliphatic rings. The van der Waals surface area contributed by atoms with Gasteiger partial charge in [-0.25, -0.2) is 5.48 Å². The zero-order valence-corrected chi connectivity index (χ0v) is 18.3. The number of carbonyl (C=O) groups is 2. The van der Waals surface area contributed by atoms with Crippen molar-refractivity contribution in [3.8, 4) is 11.5 Å². The van der Waals surface area contributed by atoms with E-state index in [0.717, 1.165) is 5.69 Å². The van der Waals surface area contributed by atoms with Crippen LogP contribution in [-0.2, 0) is 9.59 Å². The van der Waals surface area contributed by atoms with Crippen molar-refractivity contribution < 1.29 is 29.4 Å². The van der Waals surface area contributed by atoms with Crippen molar-refractivity contribution in [2.75, 3.05) is 38.8 Å². The lowest BCUT2D eigenvalue weighted by molar-refractivity contribution is -0.152. The Hall–Kier alpha value is -2.52. The van der Waals surface area contributed by atoms with Crippen LogP contribution in [0.3, 0.4) is 0 Å². The second-order valence-electron chi connectivity index (χ2n) is 8.02. The zero-order chi connectivity index (χ0) is 22.4. The van der Waals surface area contributed by atoms with Gasteiger partial charge < -0.3 is 24.4 Å².